The number of rotatable bonds is 5. The van der Waals surface area contributed by atoms with E-state index in [0.717, 1.165) is 5.39 Å². The summed E-state index contributed by atoms with van der Waals surface area (Å²) in [6.07, 6.45) is 0.271. The molecule has 0 aromatic heterocycles. The van der Waals surface area contributed by atoms with Gasteiger partial charge in [-0.3, -0.25) is 4.79 Å². The van der Waals surface area contributed by atoms with Crippen LogP contribution in [0.1, 0.15) is 13.3 Å². The van der Waals surface area contributed by atoms with Crippen molar-refractivity contribution in [3.8, 4) is 39.9 Å². The molecule has 0 fully saturated rings. The molecule has 4 aromatic carbocycles. The molecule has 0 aliphatic carbocycles. The number of phenols is 2. The van der Waals surface area contributed by atoms with E-state index in [1.165, 1.54) is 12.1 Å². The molecule has 6 heteroatoms. The van der Waals surface area contributed by atoms with Crippen LogP contribution in [0, 0.1) is 5.82 Å². The molecule has 4 aromatic rings. The van der Waals surface area contributed by atoms with E-state index in [4.69, 9.17) is 9.47 Å². The molecule has 0 aliphatic rings. The van der Waals surface area contributed by atoms with Crippen LogP contribution in [-0.4, -0.2) is 16.2 Å². The molecule has 0 amide bonds. The van der Waals surface area contributed by atoms with E-state index in [1.54, 1.807) is 67.6 Å². The Morgan fingerprint density at radius 3 is 2.35 bits per heavy atom. The van der Waals surface area contributed by atoms with Crippen LogP contribution in [0.25, 0.3) is 21.9 Å². The number of fused-ring (bicyclic) bond motifs is 1. The molecule has 0 unspecified atom stereocenters. The molecular weight excluding hydrogens is 399 g/mol. The number of esters is 1. The molecule has 2 N–H and O–H groups in total. The van der Waals surface area contributed by atoms with Crippen LogP contribution in [0.15, 0.2) is 72.8 Å². The van der Waals surface area contributed by atoms with Gasteiger partial charge in [-0.15, -0.1) is 0 Å². The lowest BCUT2D eigenvalue weighted by Crippen LogP contribution is -2.05. The van der Waals surface area contributed by atoms with Crippen LogP contribution in [-0.2, 0) is 4.79 Å². The smallest absolute Gasteiger partial charge is 0.310 e. The van der Waals surface area contributed by atoms with Crippen molar-refractivity contribution in [2.75, 3.05) is 0 Å². The van der Waals surface area contributed by atoms with Crippen molar-refractivity contribution < 1.29 is 28.9 Å². The van der Waals surface area contributed by atoms with Gasteiger partial charge in [0.1, 0.15) is 23.0 Å². The Labute approximate surface area is 177 Å². The molecule has 0 saturated carbocycles. The van der Waals surface area contributed by atoms with E-state index in [2.05, 4.69) is 0 Å². The number of halogens is 1. The molecule has 4 rings (SSSR count). The normalized spacial score (nSPS) is 10.8. The molecule has 156 valence electrons. The molecule has 5 nitrogen and oxygen atoms in total. The number of ether oxygens (including phenoxy) is 2. The maximum atomic E-state index is 14.0. The second-order valence-corrected chi connectivity index (χ2v) is 6.91. The van der Waals surface area contributed by atoms with Gasteiger partial charge in [-0.2, -0.15) is 0 Å². The van der Waals surface area contributed by atoms with Gasteiger partial charge in [-0.05, 0) is 71.6 Å². The molecule has 31 heavy (non-hydrogen) atoms. The minimum absolute atomic E-state index is 0.115. The van der Waals surface area contributed by atoms with Crippen molar-refractivity contribution >= 4 is 16.7 Å². The summed E-state index contributed by atoms with van der Waals surface area (Å²) in [6.45, 7) is 1.71. The third-order valence-electron chi connectivity index (χ3n) is 4.78. The number of phenolic OH excluding ortho intramolecular Hbond substituents is 2. The van der Waals surface area contributed by atoms with Crippen LogP contribution >= 0.6 is 0 Å². The topological polar surface area (TPSA) is 76.0 Å². The lowest BCUT2D eigenvalue weighted by molar-refractivity contribution is -0.134. The highest BCUT2D eigenvalue weighted by atomic mass is 19.1. The molecule has 0 radical (unpaired) electrons. The summed E-state index contributed by atoms with van der Waals surface area (Å²) in [4.78, 5) is 11.5. The highest BCUT2D eigenvalue weighted by molar-refractivity contribution is 5.96. The average Bonchev–Trinajstić information content (AvgIpc) is 2.77. The number of carbonyl (C=O) groups is 1. The highest BCUT2D eigenvalue weighted by Gasteiger charge is 2.15. The quantitative estimate of drug-likeness (QED) is 0.300. The number of hydrogen-bond donors (Lipinski definition) is 2. The first-order valence-corrected chi connectivity index (χ1v) is 9.68. The third kappa shape index (κ3) is 4.28. The van der Waals surface area contributed by atoms with Crippen molar-refractivity contribution in [2.24, 2.45) is 0 Å². The highest BCUT2D eigenvalue weighted by Crippen LogP contribution is 2.41. The van der Waals surface area contributed by atoms with Crippen molar-refractivity contribution in [1.82, 2.24) is 0 Å². The fourth-order valence-electron chi connectivity index (χ4n) is 3.20. The van der Waals surface area contributed by atoms with Gasteiger partial charge >= 0.3 is 5.97 Å². The zero-order chi connectivity index (χ0) is 22.0. The van der Waals surface area contributed by atoms with E-state index in [1.807, 2.05) is 0 Å². The standard InChI is InChI=1S/C25H19FO5/c1-2-24(29)30-18-6-8-19(9-7-18)31-25-20(16-4-12-23(28)22(26)14-16)10-3-15-13-17(27)5-11-21(15)25/h3-14,27-28H,2H2,1H3. The second-order valence-electron chi connectivity index (χ2n) is 6.91. The second kappa shape index (κ2) is 8.36. The van der Waals surface area contributed by atoms with E-state index < -0.39 is 11.6 Å². The lowest BCUT2D eigenvalue weighted by Gasteiger charge is -2.15. The number of benzene rings is 4. The summed E-state index contributed by atoms with van der Waals surface area (Å²) in [7, 11) is 0. The Kier molecular flexibility index (Phi) is 5.45. The maximum absolute atomic E-state index is 14.0. The van der Waals surface area contributed by atoms with Crippen LogP contribution in [0.3, 0.4) is 0 Å². The van der Waals surface area contributed by atoms with Crippen LogP contribution in [0.2, 0.25) is 0 Å². The first-order chi connectivity index (χ1) is 14.9. The largest absolute Gasteiger partial charge is 0.508 e. The zero-order valence-corrected chi connectivity index (χ0v) is 16.6. The maximum Gasteiger partial charge on any atom is 0.310 e. The predicted molar refractivity (Wildman–Crippen MR) is 115 cm³/mol. The summed E-state index contributed by atoms with van der Waals surface area (Å²) in [5.74, 6) is -0.0465. The van der Waals surface area contributed by atoms with Gasteiger partial charge < -0.3 is 19.7 Å². The van der Waals surface area contributed by atoms with Crippen molar-refractivity contribution in [1.29, 1.82) is 0 Å². The van der Waals surface area contributed by atoms with Crippen LogP contribution < -0.4 is 9.47 Å². The lowest BCUT2D eigenvalue weighted by atomic mass is 9.99. The monoisotopic (exact) mass is 418 g/mol. The minimum Gasteiger partial charge on any atom is -0.508 e. The Balaban J connectivity index is 1.79. The fraction of sp³-hybridized carbons (Fsp3) is 0.0800. The van der Waals surface area contributed by atoms with Crippen molar-refractivity contribution in [3.63, 3.8) is 0 Å². The SMILES string of the molecule is CCC(=O)Oc1ccc(Oc2c(-c3ccc(O)c(F)c3)ccc3cc(O)ccc23)cc1. The van der Waals surface area contributed by atoms with Gasteiger partial charge in [0.05, 0.1) is 0 Å². The van der Waals surface area contributed by atoms with Gasteiger partial charge in [-0.1, -0.05) is 19.1 Å². The molecule has 0 bridgehead atoms. The number of aromatic hydroxyl groups is 2. The summed E-state index contributed by atoms with van der Waals surface area (Å²) in [5.41, 5.74) is 1.13. The van der Waals surface area contributed by atoms with Crippen molar-refractivity contribution in [2.45, 2.75) is 13.3 Å². The molecule has 0 spiro atoms. The number of carbonyl (C=O) groups excluding carboxylic acids is 1. The Hall–Kier alpha value is -4.06. The molecular formula is C25H19FO5. The van der Waals surface area contributed by atoms with Gasteiger partial charge in [-0.25, -0.2) is 4.39 Å². The Morgan fingerprint density at radius 1 is 0.903 bits per heavy atom. The fourth-order valence-corrected chi connectivity index (χ4v) is 3.20. The van der Waals surface area contributed by atoms with Gasteiger partial charge in [0, 0.05) is 17.4 Å². The summed E-state index contributed by atoms with van der Waals surface area (Å²) in [6, 6.07) is 19.1. The average molecular weight is 418 g/mol. The van der Waals surface area contributed by atoms with Gasteiger partial charge in [0.15, 0.2) is 11.6 Å². The first-order valence-electron chi connectivity index (χ1n) is 9.68. The van der Waals surface area contributed by atoms with Crippen LogP contribution in [0.4, 0.5) is 4.39 Å². The van der Waals surface area contributed by atoms with Gasteiger partial charge in [0.2, 0.25) is 0 Å². The summed E-state index contributed by atoms with van der Waals surface area (Å²) < 4.78 is 25.4. The Bertz CT molecular complexity index is 1270. The van der Waals surface area contributed by atoms with Crippen LogP contribution in [0.5, 0.6) is 28.7 Å². The zero-order valence-electron chi connectivity index (χ0n) is 16.6. The Morgan fingerprint density at radius 2 is 1.65 bits per heavy atom. The summed E-state index contributed by atoms with van der Waals surface area (Å²) in [5, 5.41) is 20.8. The van der Waals surface area contributed by atoms with E-state index >= 15 is 0 Å². The predicted octanol–water partition coefficient (Wildman–Crippen LogP) is 6.16. The van der Waals surface area contributed by atoms with Crippen molar-refractivity contribution in [3.05, 3.63) is 78.6 Å². The van der Waals surface area contributed by atoms with E-state index in [9.17, 15) is 19.4 Å². The summed E-state index contributed by atoms with van der Waals surface area (Å²) >= 11 is 0. The molecule has 0 aliphatic heterocycles. The minimum atomic E-state index is -0.739. The van der Waals surface area contributed by atoms with Gasteiger partial charge in [0.25, 0.3) is 0 Å². The van der Waals surface area contributed by atoms with E-state index in [0.29, 0.717) is 33.8 Å². The van der Waals surface area contributed by atoms with E-state index in [-0.39, 0.29) is 18.1 Å². The third-order valence-corrected chi connectivity index (χ3v) is 4.78. The molecule has 0 heterocycles. The molecule has 0 atom stereocenters. The molecule has 0 saturated heterocycles. The number of hydrogen-bond acceptors (Lipinski definition) is 5. The first kappa shape index (κ1) is 20.2.